The number of carbonyl (C=O) groups is 1. The van der Waals surface area contributed by atoms with Crippen molar-refractivity contribution in [2.24, 2.45) is 0 Å². The van der Waals surface area contributed by atoms with E-state index in [9.17, 15) is 13.2 Å². The minimum absolute atomic E-state index is 0.111. The van der Waals surface area contributed by atoms with Gasteiger partial charge in [-0.3, -0.25) is 9.78 Å². The summed E-state index contributed by atoms with van der Waals surface area (Å²) in [5.41, 5.74) is 1.76. The van der Waals surface area contributed by atoms with Crippen LogP contribution in [0.4, 0.5) is 0 Å². The lowest BCUT2D eigenvalue weighted by Gasteiger charge is -2.17. The normalized spacial score (nSPS) is 16.2. The Bertz CT molecular complexity index is 1120. The van der Waals surface area contributed by atoms with Crippen molar-refractivity contribution < 1.29 is 13.2 Å². The second-order valence-electron chi connectivity index (χ2n) is 7.31. The van der Waals surface area contributed by atoms with Crippen molar-refractivity contribution in [3.8, 4) is 0 Å². The van der Waals surface area contributed by atoms with E-state index in [1.54, 1.807) is 34.9 Å². The van der Waals surface area contributed by atoms with Crippen LogP contribution in [0.25, 0.3) is 10.9 Å². The number of rotatable bonds is 6. The van der Waals surface area contributed by atoms with Gasteiger partial charge in [0, 0.05) is 49.1 Å². The number of fused-ring (bicyclic) bond motifs is 1. The van der Waals surface area contributed by atoms with Crippen LogP contribution in [0.1, 0.15) is 31.4 Å². The molecule has 1 fully saturated rings. The molecule has 4 rings (SSSR count). The predicted molar refractivity (Wildman–Crippen MR) is 111 cm³/mol. The largest absolute Gasteiger partial charge is 0.350 e. The summed E-state index contributed by atoms with van der Waals surface area (Å²) in [5.74, 6) is -0.111. The predicted octanol–water partition coefficient (Wildman–Crippen LogP) is 2.70. The number of nitrogens with one attached hydrogen (secondary N) is 1. The maximum atomic E-state index is 12.8. The van der Waals surface area contributed by atoms with Crippen LogP contribution < -0.4 is 5.32 Å². The number of nitrogens with zero attached hydrogens (tertiary/aromatic N) is 3. The molecule has 8 heteroatoms. The highest BCUT2D eigenvalue weighted by atomic mass is 32.2. The Balaban J connectivity index is 1.53. The average molecular weight is 413 g/mol. The molecule has 1 aliphatic heterocycles. The SMILES string of the molecule is C[C@H](C(=O)NCc1cccnc1)n1ccc2cc(S(=O)(=O)N3CCCC3)ccc21. The molecule has 29 heavy (non-hydrogen) atoms. The average Bonchev–Trinajstić information content (AvgIpc) is 3.42. The van der Waals surface area contributed by atoms with E-state index in [0.717, 1.165) is 29.3 Å². The van der Waals surface area contributed by atoms with Gasteiger partial charge in [0.2, 0.25) is 15.9 Å². The first-order chi connectivity index (χ1) is 14.0. The van der Waals surface area contributed by atoms with Crippen molar-refractivity contribution in [1.29, 1.82) is 0 Å². The maximum Gasteiger partial charge on any atom is 0.243 e. The Morgan fingerprint density at radius 2 is 2.00 bits per heavy atom. The van der Waals surface area contributed by atoms with Gasteiger partial charge >= 0.3 is 0 Å². The van der Waals surface area contributed by atoms with Crippen molar-refractivity contribution in [1.82, 2.24) is 19.2 Å². The third-order valence-electron chi connectivity index (χ3n) is 5.38. The number of hydrogen-bond acceptors (Lipinski definition) is 4. The number of hydrogen-bond donors (Lipinski definition) is 1. The fraction of sp³-hybridized carbons (Fsp3) is 0.333. The number of aromatic nitrogens is 2. The van der Waals surface area contributed by atoms with Crippen LogP contribution in [0.15, 0.2) is 59.9 Å². The van der Waals surface area contributed by atoms with Crippen LogP contribution in [-0.2, 0) is 21.4 Å². The Hall–Kier alpha value is -2.71. The molecule has 0 aliphatic carbocycles. The number of pyridine rings is 1. The molecule has 1 aromatic carbocycles. The van der Waals surface area contributed by atoms with Crippen LogP contribution in [0.5, 0.6) is 0 Å². The Morgan fingerprint density at radius 1 is 1.21 bits per heavy atom. The van der Waals surface area contributed by atoms with Gasteiger partial charge in [-0.25, -0.2) is 8.42 Å². The molecule has 3 aromatic rings. The fourth-order valence-electron chi connectivity index (χ4n) is 3.68. The van der Waals surface area contributed by atoms with Crippen LogP contribution in [0, 0.1) is 0 Å². The van der Waals surface area contributed by atoms with Gasteiger partial charge in [-0.1, -0.05) is 6.07 Å². The first-order valence-corrected chi connectivity index (χ1v) is 11.2. The van der Waals surface area contributed by atoms with Gasteiger partial charge in [0.05, 0.1) is 4.90 Å². The Labute approximate surface area is 170 Å². The van der Waals surface area contributed by atoms with Crippen molar-refractivity contribution in [2.45, 2.75) is 37.2 Å². The zero-order valence-corrected chi connectivity index (χ0v) is 17.1. The molecule has 0 spiro atoms. The molecule has 1 aliphatic rings. The summed E-state index contributed by atoms with van der Waals surface area (Å²) in [5, 5.41) is 3.73. The van der Waals surface area contributed by atoms with Crippen molar-refractivity contribution in [2.75, 3.05) is 13.1 Å². The summed E-state index contributed by atoms with van der Waals surface area (Å²) in [7, 11) is -3.46. The molecule has 0 bridgehead atoms. The van der Waals surface area contributed by atoms with Crippen LogP contribution in [-0.4, -0.2) is 41.3 Å². The third-order valence-corrected chi connectivity index (χ3v) is 7.28. The standard InChI is InChI=1S/C21H24N4O3S/c1-16(21(26)23-15-17-5-4-9-22-14-17)25-12-8-18-13-19(6-7-20(18)25)29(27,28)24-10-2-3-11-24/h4-9,12-14,16H,2-3,10-11,15H2,1H3,(H,23,26)/t16-/m1/s1. The molecular formula is C21H24N4O3S. The molecule has 1 N–H and O–H groups in total. The van der Waals surface area contributed by atoms with Gasteiger partial charge in [0.25, 0.3) is 0 Å². The Morgan fingerprint density at radius 3 is 2.72 bits per heavy atom. The fourth-order valence-corrected chi connectivity index (χ4v) is 5.24. The van der Waals surface area contributed by atoms with Crippen molar-refractivity contribution in [3.05, 3.63) is 60.6 Å². The van der Waals surface area contributed by atoms with E-state index in [0.29, 0.717) is 24.5 Å². The summed E-state index contributed by atoms with van der Waals surface area (Å²) in [6.07, 6.45) is 7.05. The number of carbonyl (C=O) groups excluding carboxylic acids is 1. The van der Waals surface area contributed by atoms with E-state index in [1.807, 2.05) is 35.9 Å². The highest BCUT2D eigenvalue weighted by Gasteiger charge is 2.27. The lowest BCUT2D eigenvalue weighted by atomic mass is 10.2. The van der Waals surface area contributed by atoms with E-state index in [2.05, 4.69) is 10.3 Å². The highest BCUT2D eigenvalue weighted by molar-refractivity contribution is 7.89. The number of sulfonamides is 1. The maximum absolute atomic E-state index is 12.8. The van der Waals surface area contributed by atoms with Crippen LogP contribution in [0.3, 0.4) is 0 Å². The summed E-state index contributed by atoms with van der Waals surface area (Å²) in [6.45, 7) is 3.40. The molecule has 0 saturated carbocycles. The van der Waals surface area contributed by atoms with E-state index < -0.39 is 16.1 Å². The zero-order valence-electron chi connectivity index (χ0n) is 16.3. The first-order valence-electron chi connectivity index (χ1n) is 9.74. The number of benzene rings is 1. The van der Waals surface area contributed by atoms with Crippen LogP contribution >= 0.6 is 0 Å². The van der Waals surface area contributed by atoms with E-state index in [4.69, 9.17) is 0 Å². The van der Waals surface area contributed by atoms with E-state index in [-0.39, 0.29) is 5.91 Å². The van der Waals surface area contributed by atoms with E-state index in [1.165, 1.54) is 0 Å². The monoisotopic (exact) mass is 412 g/mol. The molecule has 152 valence electrons. The molecule has 1 amide bonds. The lowest BCUT2D eigenvalue weighted by Crippen LogP contribution is -2.30. The number of amides is 1. The smallest absolute Gasteiger partial charge is 0.243 e. The molecule has 2 aromatic heterocycles. The van der Waals surface area contributed by atoms with Gasteiger partial charge < -0.3 is 9.88 Å². The lowest BCUT2D eigenvalue weighted by molar-refractivity contribution is -0.123. The minimum atomic E-state index is -3.46. The van der Waals surface area contributed by atoms with Gasteiger partial charge in [-0.2, -0.15) is 4.31 Å². The summed E-state index contributed by atoms with van der Waals surface area (Å²) in [4.78, 5) is 17.0. The molecular weight excluding hydrogens is 388 g/mol. The second-order valence-corrected chi connectivity index (χ2v) is 9.25. The topological polar surface area (TPSA) is 84.3 Å². The van der Waals surface area contributed by atoms with Crippen molar-refractivity contribution >= 4 is 26.8 Å². The van der Waals surface area contributed by atoms with Gasteiger partial charge in [0.15, 0.2) is 0 Å². The molecule has 1 atom stereocenters. The molecule has 0 radical (unpaired) electrons. The summed E-state index contributed by atoms with van der Waals surface area (Å²) >= 11 is 0. The Kier molecular flexibility index (Phi) is 5.38. The van der Waals surface area contributed by atoms with E-state index >= 15 is 0 Å². The quantitative estimate of drug-likeness (QED) is 0.675. The second kappa shape index (κ2) is 7.96. The molecule has 3 heterocycles. The van der Waals surface area contributed by atoms with Gasteiger partial charge in [-0.05, 0) is 55.7 Å². The van der Waals surface area contributed by atoms with Gasteiger partial charge in [-0.15, -0.1) is 0 Å². The van der Waals surface area contributed by atoms with Crippen molar-refractivity contribution in [3.63, 3.8) is 0 Å². The molecule has 7 nitrogen and oxygen atoms in total. The zero-order chi connectivity index (χ0) is 20.4. The first kappa shape index (κ1) is 19.6. The highest BCUT2D eigenvalue weighted by Crippen LogP contribution is 2.26. The van der Waals surface area contributed by atoms with Crippen LogP contribution in [0.2, 0.25) is 0 Å². The third kappa shape index (κ3) is 3.90. The summed E-state index contributed by atoms with van der Waals surface area (Å²) < 4.78 is 29.0. The molecule has 1 saturated heterocycles. The summed E-state index contributed by atoms with van der Waals surface area (Å²) in [6, 6.07) is 10.3. The minimum Gasteiger partial charge on any atom is -0.350 e. The van der Waals surface area contributed by atoms with Gasteiger partial charge in [0.1, 0.15) is 6.04 Å². The molecule has 0 unspecified atom stereocenters.